The van der Waals surface area contributed by atoms with Gasteiger partial charge in [-0.3, -0.25) is 4.79 Å². The van der Waals surface area contributed by atoms with E-state index in [0.29, 0.717) is 11.7 Å². The fourth-order valence-electron chi connectivity index (χ4n) is 4.61. The van der Waals surface area contributed by atoms with E-state index in [1.807, 2.05) is 66.7 Å². The average Bonchev–Trinajstić information content (AvgIpc) is 3.40. The van der Waals surface area contributed by atoms with Gasteiger partial charge >= 0.3 is 0 Å². The first-order valence-corrected chi connectivity index (χ1v) is 13.1. The van der Waals surface area contributed by atoms with Gasteiger partial charge in [-0.1, -0.05) is 66.7 Å². The standard InChI is InChI=1S/C28H28N2OP/c1-23(30-19-11-12-20-30)28(21-29)32(25-15-7-3-8-16-25,26-17-9-4-10-18-26)22-27(31)24-13-5-2-6-14-24/h2-10,13-18H,11-12,19-20,22H2,1H3/q+1/b28-23-. The zero-order valence-corrected chi connectivity index (χ0v) is 19.3. The Morgan fingerprint density at radius 2 is 1.31 bits per heavy atom. The van der Waals surface area contributed by atoms with Crippen LogP contribution in [0.1, 0.15) is 30.1 Å². The Morgan fingerprint density at radius 3 is 1.78 bits per heavy atom. The van der Waals surface area contributed by atoms with Crippen molar-refractivity contribution in [2.45, 2.75) is 19.8 Å². The predicted octanol–water partition coefficient (Wildman–Crippen LogP) is 5.39. The molecule has 0 aliphatic carbocycles. The molecule has 0 spiro atoms. The molecule has 0 N–H and O–H groups in total. The van der Waals surface area contributed by atoms with Crippen molar-refractivity contribution < 1.29 is 4.79 Å². The molecule has 4 rings (SSSR count). The van der Waals surface area contributed by atoms with Crippen molar-refractivity contribution in [3.05, 3.63) is 108 Å². The van der Waals surface area contributed by atoms with E-state index in [0.717, 1.165) is 47.6 Å². The lowest BCUT2D eigenvalue weighted by atomic mass is 10.2. The summed E-state index contributed by atoms with van der Waals surface area (Å²) in [5, 5.41) is 13.5. The quantitative estimate of drug-likeness (QED) is 0.282. The number of ketones is 1. The molecule has 0 aromatic heterocycles. The van der Waals surface area contributed by atoms with Crippen LogP contribution in [0.3, 0.4) is 0 Å². The molecule has 32 heavy (non-hydrogen) atoms. The molecule has 1 heterocycles. The number of allylic oxidation sites excluding steroid dienone is 2. The van der Waals surface area contributed by atoms with E-state index in [-0.39, 0.29) is 5.78 Å². The molecule has 1 aliphatic rings. The minimum absolute atomic E-state index is 0.0774. The number of nitriles is 1. The van der Waals surface area contributed by atoms with Gasteiger partial charge in [-0.15, -0.1) is 0 Å². The van der Waals surface area contributed by atoms with Gasteiger partial charge in [0.1, 0.15) is 30.1 Å². The van der Waals surface area contributed by atoms with Gasteiger partial charge in [0.2, 0.25) is 5.78 Å². The monoisotopic (exact) mass is 439 g/mol. The van der Waals surface area contributed by atoms with Crippen LogP contribution in [0, 0.1) is 11.3 Å². The molecule has 160 valence electrons. The van der Waals surface area contributed by atoms with Crippen LogP contribution in [0.15, 0.2) is 102 Å². The number of Topliss-reactive ketones (excluding diaryl/α,β-unsaturated/α-hetero) is 1. The highest BCUT2D eigenvalue weighted by Crippen LogP contribution is 2.64. The Kier molecular flexibility index (Phi) is 6.84. The maximum atomic E-state index is 13.7. The van der Waals surface area contributed by atoms with Crippen molar-refractivity contribution >= 4 is 23.7 Å². The lowest BCUT2D eigenvalue weighted by Gasteiger charge is -2.29. The zero-order chi connectivity index (χ0) is 22.4. The number of nitrogens with zero attached hydrogens (tertiary/aromatic N) is 2. The van der Waals surface area contributed by atoms with E-state index in [1.54, 1.807) is 0 Å². The van der Waals surface area contributed by atoms with Gasteiger partial charge in [0.15, 0.2) is 5.31 Å². The summed E-state index contributed by atoms with van der Waals surface area (Å²) in [5.74, 6) is 0.0774. The van der Waals surface area contributed by atoms with Gasteiger partial charge in [0.05, 0.1) is 5.70 Å². The molecular formula is C28H28N2OP+. The van der Waals surface area contributed by atoms with Crippen LogP contribution < -0.4 is 10.6 Å². The molecule has 0 unspecified atom stereocenters. The van der Waals surface area contributed by atoms with Gasteiger partial charge in [0.25, 0.3) is 0 Å². The normalized spacial score (nSPS) is 14.6. The topological polar surface area (TPSA) is 44.1 Å². The highest BCUT2D eigenvalue weighted by molar-refractivity contribution is 7.93. The van der Waals surface area contributed by atoms with Crippen molar-refractivity contribution in [3.8, 4) is 6.07 Å². The van der Waals surface area contributed by atoms with E-state index in [9.17, 15) is 10.1 Å². The summed E-state index contributed by atoms with van der Waals surface area (Å²) in [6.45, 7) is 4.00. The number of rotatable bonds is 7. The number of likely N-dealkylation sites (tertiary alicyclic amines) is 1. The highest BCUT2D eigenvalue weighted by atomic mass is 31.2. The average molecular weight is 440 g/mol. The molecule has 3 aromatic carbocycles. The lowest BCUT2D eigenvalue weighted by molar-refractivity contribution is 0.102. The van der Waals surface area contributed by atoms with Gasteiger partial charge < -0.3 is 4.90 Å². The van der Waals surface area contributed by atoms with Crippen LogP contribution in [-0.4, -0.2) is 29.9 Å². The van der Waals surface area contributed by atoms with Gasteiger partial charge in [-0.25, -0.2) is 0 Å². The molecule has 0 saturated carbocycles. The largest absolute Gasteiger partial charge is 0.371 e. The summed E-state index contributed by atoms with van der Waals surface area (Å²) in [6, 6.07) is 32.5. The first-order valence-electron chi connectivity index (χ1n) is 11.1. The molecule has 1 aliphatic heterocycles. The van der Waals surface area contributed by atoms with Crippen molar-refractivity contribution in [3.63, 3.8) is 0 Å². The van der Waals surface area contributed by atoms with Crippen molar-refractivity contribution in [2.75, 3.05) is 19.3 Å². The molecule has 3 nitrogen and oxygen atoms in total. The molecule has 1 saturated heterocycles. The summed E-state index contributed by atoms with van der Waals surface area (Å²) < 4.78 is 0. The second-order valence-corrected chi connectivity index (χ2v) is 11.6. The van der Waals surface area contributed by atoms with Gasteiger partial charge in [-0.2, -0.15) is 5.26 Å². The predicted molar refractivity (Wildman–Crippen MR) is 134 cm³/mol. The maximum Gasteiger partial charge on any atom is 0.201 e. The Labute approximate surface area is 191 Å². The zero-order valence-electron chi connectivity index (χ0n) is 18.4. The van der Waals surface area contributed by atoms with Gasteiger partial charge in [-0.05, 0) is 44.0 Å². The smallest absolute Gasteiger partial charge is 0.201 e. The molecule has 0 radical (unpaired) electrons. The third kappa shape index (κ3) is 4.24. The third-order valence-corrected chi connectivity index (χ3v) is 10.6. The Bertz CT molecular complexity index is 1090. The number of carbonyl (C=O) groups is 1. The molecular weight excluding hydrogens is 411 g/mol. The van der Waals surface area contributed by atoms with Crippen LogP contribution in [0.2, 0.25) is 0 Å². The van der Waals surface area contributed by atoms with Crippen LogP contribution in [-0.2, 0) is 0 Å². The van der Waals surface area contributed by atoms with E-state index in [4.69, 9.17) is 0 Å². The molecule has 0 amide bonds. The summed E-state index contributed by atoms with van der Waals surface area (Å²) in [7, 11) is -2.51. The highest BCUT2D eigenvalue weighted by Gasteiger charge is 2.51. The van der Waals surface area contributed by atoms with Crippen molar-refractivity contribution in [2.24, 2.45) is 0 Å². The van der Waals surface area contributed by atoms with E-state index < -0.39 is 7.26 Å². The number of hydrogen-bond acceptors (Lipinski definition) is 3. The minimum Gasteiger partial charge on any atom is -0.371 e. The molecule has 1 fully saturated rings. The maximum absolute atomic E-state index is 13.7. The molecule has 4 heteroatoms. The second-order valence-electron chi connectivity index (χ2n) is 8.17. The summed E-state index contributed by atoms with van der Waals surface area (Å²) in [4.78, 5) is 16.0. The number of carbonyl (C=O) groups excluding carboxylic acids is 1. The van der Waals surface area contributed by atoms with Crippen LogP contribution in [0.5, 0.6) is 0 Å². The molecule has 3 aromatic rings. The van der Waals surface area contributed by atoms with E-state index >= 15 is 0 Å². The van der Waals surface area contributed by atoms with Crippen LogP contribution in [0.25, 0.3) is 0 Å². The van der Waals surface area contributed by atoms with E-state index in [1.165, 1.54) is 0 Å². The van der Waals surface area contributed by atoms with Crippen molar-refractivity contribution in [1.29, 1.82) is 5.26 Å². The number of benzene rings is 3. The minimum atomic E-state index is -2.51. The molecule has 0 atom stereocenters. The lowest BCUT2D eigenvalue weighted by Crippen LogP contribution is -2.31. The SMILES string of the molecule is C/C(=C(\C#N)[P+](CC(=O)c1ccccc1)(c1ccccc1)c1ccccc1)N1CCCC1. The van der Waals surface area contributed by atoms with Crippen LogP contribution >= 0.6 is 7.26 Å². The van der Waals surface area contributed by atoms with Crippen molar-refractivity contribution in [1.82, 2.24) is 4.90 Å². The Morgan fingerprint density at radius 1 is 0.844 bits per heavy atom. The summed E-state index contributed by atoms with van der Waals surface area (Å²) in [5.41, 5.74) is 1.71. The Hall–Kier alpha value is -3.21. The van der Waals surface area contributed by atoms with Crippen LogP contribution in [0.4, 0.5) is 0 Å². The Balaban J connectivity index is 1.98. The first-order chi connectivity index (χ1) is 15.7. The third-order valence-electron chi connectivity index (χ3n) is 6.28. The summed E-state index contributed by atoms with van der Waals surface area (Å²) in [6.07, 6.45) is 2.58. The molecule has 0 bridgehead atoms. The second kappa shape index (κ2) is 9.94. The van der Waals surface area contributed by atoms with E-state index in [2.05, 4.69) is 42.2 Å². The van der Waals surface area contributed by atoms with Gasteiger partial charge in [0, 0.05) is 18.7 Å². The first kappa shape index (κ1) is 22.0. The number of hydrogen-bond donors (Lipinski definition) is 0. The fraction of sp³-hybridized carbons (Fsp3) is 0.214. The fourth-order valence-corrected chi connectivity index (χ4v) is 8.79. The summed E-state index contributed by atoms with van der Waals surface area (Å²) >= 11 is 0.